The molecule has 2 atom stereocenters. The Labute approximate surface area is 113 Å². The predicted molar refractivity (Wildman–Crippen MR) is 80.6 cm³/mol. The number of rotatable bonds is 8. The lowest BCUT2D eigenvalue weighted by atomic mass is 9.91. The van der Waals surface area contributed by atoms with Crippen LogP contribution in [0.15, 0.2) is 23.8 Å². The van der Waals surface area contributed by atoms with E-state index >= 15 is 0 Å². The molecule has 0 fully saturated rings. The summed E-state index contributed by atoms with van der Waals surface area (Å²) in [6.07, 6.45) is 9.08. The number of carbonyl (C=O) groups excluding carboxylic acids is 1. The third-order valence-corrected chi connectivity index (χ3v) is 3.21. The molecule has 104 valence electrons. The van der Waals surface area contributed by atoms with E-state index in [0.717, 1.165) is 12.3 Å². The van der Waals surface area contributed by atoms with Crippen LogP contribution in [-0.2, 0) is 4.79 Å². The zero-order valence-electron chi connectivity index (χ0n) is 13.0. The maximum atomic E-state index is 12.0. The Bertz CT molecular complexity index is 297. The first kappa shape index (κ1) is 17.2. The molecular weight excluding hydrogens is 220 g/mol. The van der Waals surface area contributed by atoms with Gasteiger partial charge >= 0.3 is 0 Å². The van der Waals surface area contributed by atoms with E-state index in [9.17, 15) is 4.79 Å². The Hall–Kier alpha value is -0.850. The summed E-state index contributed by atoms with van der Waals surface area (Å²) in [6, 6.07) is 0. The Morgan fingerprint density at radius 1 is 1.17 bits per heavy atom. The minimum absolute atomic E-state index is 0.0486. The molecule has 1 nitrogen and oxygen atoms in total. The molecule has 0 aromatic carbocycles. The molecule has 0 spiro atoms. The summed E-state index contributed by atoms with van der Waals surface area (Å²) in [4.78, 5) is 12.0. The minimum atomic E-state index is 0.0486. The van der Waals surface area contributed by atoms with Gasteiger partial charge in [-0.1, -0.05) is 51.5 Å². The van der Waals surface area contributed by atoms with Gasteiger partial charge in [0.05, 0.1) is 0 Å². The number of hydrogen-bond acceptors (Lipinski definition) is 1. The van der Waals surface area contributed by atoms with Crippen LogP contribution in [0.3, 0.4) is 0 Å². The summed E-state index contributed by atoms with van der Waals surface area (Å²) in [6.45, 7) is 12.8. The molecule has 0 aromatic heterocycles. The van der Waals surface area contributed by atoms with Crippen molar-refractivity contribution >= 4 is 5.78 Å². The second-order valence-corrected chi connectivity index (χ2v) is 5.94. The molecule has 0 saturated heterocycles. The Morgan fingerprint density at radius 2 is 1.78 bits per heavy atom. The lowest BCUT2D eigenvalue weighted by molar-refractivity contribution is -0.121. The second kappa shape index (κ2) is 9.13. The van der Waals surface area contributed by atoms with Crippen molar-refractivity contribution in [3.8, 4) is 0 Å². The van der Waals surface area contributed by atoms with E-state index in [2.05, 4.69) is 26.8 Å². The van der Waals surface area contributed by atoms with E-state index < -0.39 is 0 Å². The molecule has 0 aliphatic carbocycles. The van der Waals surface area contributed by atoms with Gasteiger partial charge < -0.3 is 0 Å². The molecule has 0 radical (unpaired) electrons. The lowest BCUT2D eigenvalue weighted by Crippen LogP contribution is -2.11. The van der Waals surface area contributed by atoms with Gasteiger partial charge in [0, 0.05) is 12.3 Å². The van der Waals surface area contributed by atoms with Gasteiger partial charge in [0.15, 0.2) is 0 Å². The summed E-state index contributed by atoms with van der Waals surface area (Å²) in [7, 11) is 0. The van der Waals surface area contributed by atoms with Crippen LogP contribution >= 0.6 is 0 Å². The quantitative estimate of drug-likeness (QED) is 0.543. The van der Waals surface area contributed by atoms with Crippen LogP contribution in [0.4, 0.5) is 0 Å². The van der Waals surface area contributed by atoms with Gasteiger partial charge in [-0.3, -0.25) is 4.79 Å². The van der Waals surface area contributed by atoms with Crippen LogP contribution < -0.4 is 0 Å². The number of allylic oxidation sites excluding steroid dienone is 4. The van der Waals surface area contributed by atoms with Crippen molar-refractivity contribution in [1.29, 1.82) is 0 Å². The molecule has 0 aliphatic rings. The van der Waals surface area contributed by atoms with Crippen molar-refractivity contribution < 1.29 is 4.79 Å². The van der Waals surface area contributed by atoms with Crippen LogP contribution in [0.1, 0.15) is 60.8 Å². The highest BCUT2D eigenvalue weighted by atomic mass is 16.1. The molecule has 0 aliphatic heterocycles. The zero-order valence-corrected chi connectivity index (χ0v) is 13.0. The fourth-order valence-corrected chi connectivity index (χ4v) is 2.34. The average Bonchev–Trinajstić information content (AvgIpc) is 2.25. The van der Waals surface area contributed by atoms with Crippen LogP contribution in [0.2, 0.25) is 0 Å². The molecular formula is C17H30O. The summed E-state index contributed by atoms with van der Waals surface area (Å²) >= 11 is 0. The van der Waals surface area contributed by atoms with E-state index in [4.69, 9.17) is 0 Å². The van der Waals surface area contributed by atoms with Crippen molar-refractivity contribution in [3.05, 3.63) is 23.8 Å². The Morgan fingerprint density at radius 3 is 2.28 bits per heavy atom. The summed E-state index contributed by atoms with van der Waals surface area (Å²) in [5.41, 5.74) is 1.17. The highest BCUT2D eigenvalue weighted by Gasteiger charge is 2.13. The van der Waals surface area contributed by atoms with E-state index in [1.165, 1.54) is 12.0 Å². The maximum Gasteiger partial charge on any atom is 0.139 e. The normalized spacial score (nSPS) is 16.3. The third-order valence-electron chi connectivity index (χ3n) is 3.21. The SMILES string of the molecule is C/C=C/C(C)=C/[C@@H](C)C(=O)CC[C@H](C)CC(C)C. The van der Waals surface area contributed by atoms with Crippen molar-refractivity contribution in [3.63, 3.8) is 0 Å². The van der Waals surface area contributed by atoms with Gasteiger partial charge in [-0.2, -0.15) is 0 Å². The summed E-state index contributed by atoms with van der Waals surface area (Å²) in [5.74, 6) is 1.80. The predicted octanol–water partition coefficient (Wildman–Crippen LogP) is 5.18. The van der Waals surface area contributed by atoms with Crippen LogP contribution in [-0.4, -0.2) is 5.78 Å². The zero-order chi connectivity index (χ0) is 14.1. The van der Waals surface area contributed by atoms with E-state index in [-0.39, 0.29) is 5.92 Å². The van der Waals surface area contributed by atoms with Crippen molar-refractivity contribution in [1.82, 2.24) is 0 Å². The first-order chi connectivity index (χ1) is 8.36. The Balaban J connectivity index is 4.13. The molecule has 0 rings (SSSR count). The van der Waals surface area contributed by atoms with E-state index in [1.807, 2.05) is 32.9 Å². The molecule has 18 heavy (non-hydrogen) atoms. The highest BCUT2D eigenvalue weighted by molar-refractivity contribution is 5.82. The van der Waals surface area contributed by atoms with Gasteiger partial charge in [-0.25, -0.2) is 0 Å². The molecule has 1 heteroatoms. The standard InChI is InChI=1S/C17H30O/c1-7-8-14(4)12-16(6)17(18)10-9-15(5)11-13(2)3/h7-8,12-13,15-16H,9-11H2,1-6H3/b8-7+,14-12+/t15-,16+/m0/s1. The average molecular weight is 250 g/mol. The molecule has 0 bridgehead atoms. The fraction of sp³-hybridized carbons (Fsp3) is 0.706. The van der Waals surface area contributed by atoms with Gasteiger partial charge in [-0.05, 0) is 38.5 Å². The third kappa shape index (κ3) is 8.27. The molecule has 0 aromatic rings. The van der Waals surface area contributed by atoms with Crippen molar-refractivity contribution in [2.75, 3.05) is 0 Å². The first-order valence-corrected chi connectivity index (χ1v) is 7.20. The van der Waals surface area contributed by atoms with Gasteiger partial charge in [-0.15, -0.1) is 0 Å². The van der Waals surface area contributed by atoms with Crippen LogP contribution in [0.25, 0.3) is 0 Å². The Kier molecular flexibility index (Phi) is 8.70. The smallest absolute Gasteiger partial charge is 0.139 e. The number of ketones is 1. The largest absolute Gasteiger partial charge is 0.299 e. The lowest BCUT2D eigenvalue weighted by Gasteiger charge is -2.14. The second-order valence-electron chi connectivity index (χ2n) is 5.94. The number of carbonyl (C=O) groups is 1. The van der Waals surface area contributed by atoms with Crippen molar-refractivity contribution in [2.24, 2.45) is 17.8 Å². The number of hydrogen-bond donors (Lipinski definition) is 0. The summed E-state index contributed by atoms with van der Waals surface area (Å²) < 4.78 is 0. The van der Waals surface area contributed by atoms with E-state index in [1.54, 1.807) is 0 Å². The summed E-state index contributed by atoms with van der Waals surface area (Å²) in [5, 5.41) is 0. The highest BCUT2D eigenvalue weighted by Crippen LogP contribution is 2.18. The van der Waals surface area contributed by atoms with Crippen LogP contribution in [0.5, 0.6) is 0 Å². The maximum absolute atomic E-state index is 12.0. The van der Waals surface area contributed by atoms with Gasteiger partial charge in [0.1, 0.15) is 5.78 Å². The number of Topliss-reactive ketones (excluding diaryl/α,β-unsaturated/α-hetero) is 1. The minimum Gasteiger partial charge on any atom is -0.299 e. The monoisotopic (exact) mass is 250 g/mol. The van der Waals surface area contributed by atoms with E-state index in [0.29, 0.717) is 18.1 Å². The van der Waals surface area contributed by atoms with Gasteiger partial charge in [0.2, 0.25) is 0 Å². The fourth-order valence-electron chi connectivity index (χ4n) is 2.34. The van der Waals surface area contributed by atoms with Crippen molar-refractivity contribution in [2.45, 2.75) is 60.8 Å². The first-order valence-electron chi connectivity index (χ1n) is 7.20. The van der Waals surface area contributed by atoms with Crippen LogP contribution in [0, 0.1) is 17.8 Å². The van der Waals surface area contributed by atoms with Gasteiger partial charge in [0.25, 0.3) is 0 Å². The topological polar surface area (TPSA) is 17.1 Å². The molecule has 0 N–H and O–H groups in total. The molecule has 0 heterocycles. The molecule has 0 saturated carbocycles. The molecule has 0 unspecified atom stereocenters. The molecule has 0 amide bonds.